The Bertz CT molecular complexity index is 725. The summed E-state index contributed by atoms with van der Waals surface area (Å²) in [5.74, 6) is 0.0122. The van der Waals surface area contributed by atoms with Gasteiger partial charge in [0.1, 0.15) is 11.5 Å². The number of esters is 1. The molecule has 0 saturated carbocycles. The van der Waals surface area contributed by atoms with Crippen LogP contribution in [0.5, 0.6) is 11.5 Å². The summed E-state index contributed by atoms with van der Waals surface area (Å²) in [7, 11) is 3.02. The summed E-state index contributed by atoms with van der Waals surface area (Å²) in [5.41, 5.74) is 0.466. The second-order valence-electron chi connectivity index (χ2n) is 4.57. The molecule has 2 rings (SSSR count). The van der Waals surface area contributed by atoms with Crippen LogP contribution in [-0.2, 0) is 14.3 Å². The van der Waals surface area contributed by atoms with E-state index in [0.717, 1.165) is 4.88 Å². The van der Waals surface area contributed by atoms with E-state index in [1.54, 1.807) is 24.3 Å². The number of benzene rings is 1. The molecule has 0 spiro atoms. The molecule has 1 aromatic heterocycles. The highest BCUT2D eigenvalue weighted by atomic mass is 32.1. The lowest BCUT2D eigenvalue weighted by molar-refractivity contribution is -0.142. The number of carbonyl (C=O) groups is 2. The number of hydrogen-bond acceptors (Lipinski definition) is 6. The first-order valence-corrected chi connectivity index (χ1v) is 7.90. The van der Waals surface area contributed by atoms with Crippen LogP contribution < -0.4 is 14.8 Å². The predicted octanol–water partition coefficient (Wildman–Crippen LogP) is 2.96. The minimum Gasteiger partial charge on any atom is -0.497 e. The van der Waals surface area contributed by atoms with Crippen molar-refractivity contribution in [1.29, 1.82) is 0 Å². The maximum absolute atomic E-state index is 11.9. The van der Waals surface area contributed by atoms with Crippen LogP contribution in [0.15, 0.2) is 41.8 Å². The molecule has 0 bridgehead atoms. The van der Waals surface area contributed by atoms with Crippen molar-refractivity contribution in [2.45, 2.75) is 0 Å². The topological polar surface area (TPSA) is 73.9 Å². The molecule has 0 unspecified atom stereocenters. The number of hydrogen-bond donors (Lipinski definition) is 1. The highest BCUT2D eigenvalue weighted by Gasteiger charge is 2.10. The highest BCUT2D eigenvalue weighted by molar-refractivity contribution is 7.10. The van der Waals surface area contributed by atoms with Gasteiger partial charge in [-0.05, 0) is 29.7 Å². The predicted molar refractivity (Wildman–Crippen MR) is 92.5 cm³/mol. The Morgan fingerprint density at radius 1 is 1.21 bits per heavy atom. The highest BCUT2D eigenvalue weighted by Crippen LogP contribution is 2.28. The Kier molecular flexibility index (Phi) is 6.39. The van der Waals surface area contributed by atoms with Crippen LogP contribution in [0.3, 0.4) is 0 Å². The number of rotatable bonds is 7. The summed E-state index contributed by atoms with van der Waals surface area (Å²) in [6.07, 6.45) is 2.92. The summed E-state index contributed by atoms with van der Waals surface area (Å²) in [5, 5.41) is 4.52. The van der Waals surface area contributed by atoms with Gasteiger partial charge in [0.15, 0.2) is 6.61 Å². The van der Waals surface area contributed by atoms with Crippen LogP contribution in [0.25, 0.3) is 6.08 Å². The van der Waals surface area contributed by atoms with E-state index in [1.165, 1.54) is 31.6 Å². The second kappa shape index (κ2) is 8.73. The fourth-order valence-electron chi connectivity index (χ4n) is 1.81. The third-order valence-corrected chi connectivity index (χ3v) is 3.79. The van der Waals surface area contributed by atoms with Crippen LogP contribution >= 0.6 is 11.3 Å². The van der Waals surface area contributed by atoms with Gasteiger partial charge in [-0.15, -0.1) is 11.3 Å². The monoisotopic (exact) mass is 347 g/mol. The average molecular weight is 347 g/mol. The lowest BCUT2D eigenvalue weighted by Gasteiger charge is -2.11. The van der Waals surface area contributed by atoms with Crippen molar-refractivity contribution in [3.8, 4) is 11.5 Å². The van der Waals surface area contributed by atoms with Gasteiger partial charge in [-0.25, -0.2) is 4.79 Å². The van der Waals surface area contributed by atoms with Gasteiger partial charge in [-0.1, -0.05) is 6.07 Å². The van der Waals surface area contributed by atoms with Crippen molar-refractivity contribution in [2.24, 2.45) is 0 Å². The summed E-state index contributed by atoms with van der Waals surface area (Å²) in [4.78, 5) is 24.4. The Labute approximate surface area is 143 Å². The van der Waals surface area contributed by atoms with Gasteiger partial charge in [-0.3, -0.25) is 4.79 Å². The lowest BCUT2D eigenvalue weighted by Crippen LogP contribution is -2.20. The maximum Gasteiger partial charge on any atom is 0.331 e. The molecule has 0 aliphatic rings. The smallest absolute Gasteiger partial charge is 0.331 e. The molecule has 0 aliphatic carbocycles. The third-order valence-electron chi connectivity index (χ3n) is 2.96. The van der Waals surface area contributed by atoms with Crippen LogP contribution in [-0.4, -0.2) is 32.7 Å². The van der Waals surface area contributed by atoms with Crippen LogP contribution in [0.2, 0.25) is 0 Å². The number of methoxy groups -OCH3 is 2. The Hall–Kier alpha value is -2.80. The zero-order valence-corrected chi connectivity index (χ0v) is 14.1. The molecule has 0 radical (unpaired) electrons. The Morgan fingerprint density at radius 2 is 2.04 bits per heavy atom. The summed E-state index contributed by atoms with van der Waals surface area (Å²) >= 11 is 1.50. The number of anilines is 1. The first kappa shape index (κ1) is 17.6. The van der Waals surface area contributed by atoms with Crippen LogP contribution in [0.1, 0.15) is 4.88 Å². The first-order chi connectivity index (χ1) is 11.6. The van der Waals surface area contributed by atoms with Gasteiger partial charge in [-0.2, -0.15) is 0 Å². The molecule has 126 valence electrons. The molecule has 0 atom stereocenters. The average Bonchev–Trinajstić information content (AvgIpc) is 3.12. The molecule has 0 fully saturated rings. The second-order valence-corrected chi connectivity index (χ2v) is 5.55. The molecule has 0 saturated heterocycles. The molecule has 6 nitrogen and oxygen atoms in total. The molecule has 1 aromatic carbocycles. The standard InChI is InChI=1S/C17H17NO5S/c1-21-12-5-7-14(15(10-12)22-2)18-16(19)11-23-17(20)8-6-13-4-3-9-24-13/h3-10H,11H2,1-2H3,(H,18,19)/b8-6+. The van der Waals surface area contributed by atoms with E-state index in [-0.39, 0.29) is 6.61 Å². The lowest BCUT2D eigenvalue weighted by atomic mass is 10.2. The molecular weight excluding hydrogens is 330 g/mol. The van der Waals surface area contributed by atoms with Crippen molar-refractivity contribution in [3.63, 3.8) is 0 Å². The fraction of sp³-hybridized carbons (Fsp3) is 0.176. The molecule has 2 aromatic rings. The van der Waals surface area contributed by atoms with E-state index >= 15 is 0 Å². The summed E-state index contributed by atoms with van der Waals surface area (Å²) < 4.78 is 15.2. The van der Waals surface area contributed by atoms with E-state index in [1.807, 2.05) is 17.5 Å². The number of amides is 1. The zero-order valence-electron chi connectivity index (χ0n) is 13.3. The quantitative estimate of drug-likeness (QED) is 0.616. The maximum atomic E-state index is 11.9. The first-order valence-electron chi connectivity index (χ1n) is 7.02. The van der Waals surface area contributed by atoms with Gasteiger partial charge in [0.05, 0.1) is 19.9 Å². The molecule has 1 amide bonds. The molecule has 7 heteroatoms. The number of thiophene rings is 1. The van der Waals surface area contributed by atoms with Crippen molar-refractivity contribution in [1.82, 2.24) is 0 Å². The van der Waals surface area contributed by atoms with E-state index in [9.17, 15) is 9.59 Å². The molecular formula is C17H17NO5S. The minimum absolute atomic E-state index is 0.386. The van der Waals surface area contributed by atoms with Crippen LogP contribution in [0, 0.1) is 0 Å². The Balaban J connectivity index is 1.86. The van der Waals surface area contributed by atoms with E-state index < -0.39 is 11.9 Å². The van der Waals surface area contributed by atoms with Gasteiger partial charge in [0, 0.05) is 17.0 Å². The minimum atomic E-state index is -0.583. The van der Waals surface area contributed by atoms with E-state index in [4.69, 9.17) is 14.2 Å². The Morgan fingerprint density at radius 3 is 2.71 bits per heavy atom. The van der Waals surface area contributed by atoms with Crippen molar-refractivity contribution < 1.29 is 23.8 Å². The van der Waals surface area contributed by atoms with Crippen molar-refractivity contribution in [2.75, 3.05) is 26.1 Å². The molecule has 0 aliphatic heterocycles. The number of nitrogens with one attached hydrogen (secondary N) is 1. The van der Waals surface area contributed by atoms with Crippen molar-refractivity contribution in [3.05, 3.63) is 46.7 Å². The normalized spacial score (nSPS) is 10.4. The molecule has 1 heterocycles. The van der Waals surface area contributed by atoms with E-state index in [2.05, 4.69) is 5.32 Å². The molecule has 1 N–H and O–H groups in total. The van der Waals surface area contributed by atoms with Crippen molar-refractivity contribution >= 4 is 35.0 Å². The zero-order chi connectivity index (χ0) is 17.4. The van der Waals surface area contributed by atoms with Crippen LogP contribution in [0.4, 0.5) is 5.69 Å². The van der Waals surface area contributed by atoms with Gasteiger partial charge in [0.2, 0.25) is 0 Å². The van der Waals surface area contributed by atoms with Gasteiger partial charge < -0.3 is 19.5 Å². The summed E-state index contributed by atoms with van der Waals surface area (Å²) in [6.45, 7) is -0.386. The number of carbonyl (C=O) groups excluding carboxylic acids is 2. The van der Waals surface area contributed by atoms with Gasteiger partial charge in [0.25, 0.3) is 5.91 Å². The van der Waals surface area contributed by atoms with Gasteiger partial charge >= 0.3 is 5.97 Å². The largest absolute Gasteiger partial charge is 0.497 e. The molecule has 24 heavy (non-hydrogen) atoms. The SMILES string of the molecule is COc1ccc(NC(=O)COC(=O)/C=C/c2cccs2)c(OC)c1. The third kappa shape index (κ3) is 5.13. The van der Waals surface area contributed by atoms with E-state index in [0.29, 0.717) is 17.2 Å². The fourth-order valence-corrected chi connectivity index (χ4v) is 2.43. The number of ether oxygens (including phenoxy) is 3. The summed E-state index contributed by atoms with van der Waals surface area (Å²) in [6, 6.07) is 8.73.